The molecular formula is C29H38N6O3. The summed E-state index contributed by atoms with van der Waals surface area (Å²) in [6.07, 6.45) is 2.92. The molecule has 38 heavy (non-hydrogen) atoms. The maximum atomic E-state index is 5.97. The fourth-order valence-corrected chi connectivity index (χ4v) is 5.45. The summed E-state index contributed by atoms with van der Waals surface area (Å²) in [6.45, 7) is 10.6. The lowest BCUT2D eigenvalue weighted by atomic mass is 10.1. The zero-order valence-electron chi connectivity index (χ0n) is 22.7. The summed E-state index contributed by atoms with van der Waals surface area (Å²) in [7, 11) is 1.73. The second-order valence-corrected chi connectivity index (χ2v) is 10.8. The minimum Gasteiger partial charge on any atom is -0.496 e. The van der Waals surface area contributed by atoms with Gasteiger partial charge in [0, 0.05) is 43.9 Å². The van der Waals surface area contributed by atoms with Crippen LogP contribution in [0.25, 0.3) is 22.3 Å². The van der Waals surface area contributed by atoms with Gasteiger partial charge in [0.25, 0.3) is 0 Å². The van der Waals surface area contributed by atoms with Crippen molar-refractivity contribution in [1.29, 1.82) is 0 Å². The topological polar surface area (TPSA) is 84.9 Å². The summed E-state index contributed by atoms with van der Waals surface area (Å²) in [5.74, 6) is 3.37. The molecule has 0 amide bonds. The van der Waals surface area contributed by atoms with Crippen LogP contribution in [0.4, 0.5) is 11.8 Å². The van der Waals surface area contributed by atoms with Gasteiger partial charge in [0.1, 0.15) is 11.6 Å². The Labute approximate surface area is 224 Å². The molecule has 202 valence electrons. The first-order chi connectivity index (χ1) is 18.6. The number of morpholine rings is 2. The highest BCUT2D eigenvalue weighted by atomic mass is 16.5. The first-order valence-corrected chi connectivity index (χ1v) is 13.9. The van der Waals surface area contributed by atoms with Crippen molar-refractivity contribution in [3.8, 4) is 17.0 Å². The lowest BCUT2D eigenvalue weighted by Gasteiger charge is -2.36. The molecule has 0 spiro atoms. The number of hydrogen-bond donors (Lipinski definition) is 1. The number of nitrogens with zero attached hydrogens (tertiary/aromatic N) is 5. The predicted octanol–water partition coefficient (Wildman–Crippen LogP) is 3.65. The lowest BCUT2D eigenvalue weighted by Crippen LogP contribution is -2.46. The van der Waals surface area contributed by atoms with Gasteiger partial charge in [-0.2, -0.15) is 9.97 Å². The number of nitrogens with one attached hydrogen (secondary N) is 1. The number of ether oxygens (including phenoxy) is 3. The number of fused-ring (bicyclic) bond motifs is 1. The van der Waals surface area contributed by atoms with Crippen LogP contribution >= 0.6 is 0 Å². The van der Waals surface area contributed by atoms with Gasteiger partial charge < -0.3 is 29.3 Å². The summed E-state index contributed by atoms with van der Waals surface area (Å²) in [6, 6.07) is 10.5. The third kappa shape index (κ3) is 5.55. The molecule has 3 aliphatic rings. The van der Waals surface area contributed by atoms with Gasteiger partial charge in [0.05, 0.1) is 43.6 Å². The number of methoxy groups -OCH3 is 1. The van der Waals surface area contributed by atoms with E-state index in [0.29, 0.717) is 24.8 Å². The van der Waals surface area contributed by atoms with Crippen molar-refractivity contribution in [3.63, 3.8) is 0 Å². The average molecular weight is 519 g/mol. The molecule has 9 heteroatoms. The van der Waals surface area contributed by atoms with Crippen molar-refractivity contribution in [2.24, 2.45) is 5.92 Å². The molecule has 2 aliphatic heterocycles. The first-order valence-electron chi connectivity index (χ1n) is 13.9. The van der Waals surface area contributed by atoms with Crippen molar-refractivity contribution in [3.05, 3.63) is 35.9 Å². The van der Waals surface area contributed by atoms with E-state index in [9.17, 15) is 0 Å². The van der Waals surface area contributed by atoms with E-state index in [4.69, 9.17) is 29.2 Å². The van der Waals surface area contributed by atoms with Crippen LogP contribution in [-0.2, 0) is 16.0 Å². The largest absolute Gasteiger partial charge is 0.496 e. The number of rotatable bonds is 8. The van der Waals surface area contributed by atoms with Crippen LogP contribution < -0.4 is 19.9 Å². The van der Waals surface area contributed by atoms with Gasteiger partial charge in [-0.25, -0.2) is 4.98 Å². The summed E-state index contributed by atoms with van der Waals surface area (Å²) in [5, 5.41) is 4.56. The second kappa shape index (κ2) is 11.0. The van der Waals surface area contributed by atoms with Crippen molar-refractivity contribution >= 4 is 22.8 Å². The third-order valence-corrected chi connectivity index (χ3v) is 7.56. The molecule has 3 aromatic rings. The Bertz CT molecular complexity index is 1270. The minimum atomic E-state index is 0.121. The molecule has 6 rings (SSSR count). The highest BCUT2D eigenvalue weighted by Gasteiger charge is 2.27. The summed E-state index contributed by atoms with van der Waals surface area (Å²) < 4.78 is 17.2. The SMILES string of the molecule is COc1ccc(-c2ccc3c(N4CCOCC4)nc(N4CC(C)OC(C)C4)nc3n2)cc1CNCC1CC1. The van der Waals surface area contributed by atoms with Gasteiger partial charge in [0.15, 0.2) is 5.65 Å². The first kappa shape index (κ1) is 25.3. The highest BCUT2D eigenvalue weighted by molar-refractivity contribution is 5.90. The Hall–Kier alpha value is -3.01. The third-order valence-electron chi connectivity index (χ3n) is 7.56. The maximum absolute atomic E-state index is 5.97. The van der Waals surface area contributed by atoms with E-state index in [1.54, 1.807) is 7.11 Å². The molecule has 3 fully saturated rings. The van der Waals surface area contributed by atoms with Crippen LogP contribution in [0, 0.1) is 5.92 Å². The molecule has 0 radical (unpaired) electrons. The van der Waals surface area contributed by atoms with E-state index < -0.39 is 0 Å². The van der Waals surface area contributed by atoms with Gasteiger partial charge in [-0.3, -0.25) is 0 Å². The van der Waals surface area contributed by atoms with Gasteiger partial charge in [-0.1, -0.05) is 0 Å². The van der Waals surface area contributed by atoms with Crippen LogP contribution in [0.5, 0.6) is 5.75 Å². The van der Waals surface area contributed by atoms with Crippen LogP contribution in [0.2, 0.25) is 0 Å². The Balaban J connectivity index is 1.37. The van der Waals surface area contributed by atoms with Crippen LogP contribution in [0.1, 0.15) is 32.3 Å². The molecule has 1 saturated carbocycles. The smallest absolute Gasteiger partial charge is 0.229 e. The zero-order chi connectivity index (χ0) is 26.1. The summed E-state index contributed by atoms with van der Waals surface area (Å²) >= 11 is 0. The van der Waals surface area contributed by atoms with Crippen molar-refractivity contribution in [2.45, 2.75) is 45.4 Å². The molecule has 1 aromatic carbocycles. The fourth-order valence-electron chi connectivity index (χ4n) is 5.45. The maximum Gasteiger partial charge on any atom is 0.229 e. The van der Waals surface area contributed by atoms with Crippen molar-refractivity contribution in [1.82, 2.24) is 20.3 Å². The van der Waals surface area contributed by atoms with Crippen molar-refractivity contribution < 1.29 is 14.2 Å². The van der Waals surface area contributed by atoms with E-state index in [1.807, 2.05) is 6.07 Å². The van der Waals surface area contributed by atoms with Gasteiger partial charge in [0.2, 0.25) is 5.95 Å². The number of anilines is 2. The molecule has 2 saturated heterocycles. The predicted molar refractivity (Wildman–Crippen MR) is 149 cm³/mol. The van der Waals surface area contributed by atoms with E-state index in [0.717, 1.165) is 79.0 Å². The van der Waals surface area contributed by atoms with E-state index in [2.05, 4.69) is 53.2 Å². The molecular weight excluding hydrogens is 480 g/mol. The van der Waals surface area contributed by atoms with Gasteiger partial charge >= 0.3 is 0 Å². The molecule has 4 heterocycles. The van der Waals surface area contributed by atoms with Crippen LogP contribution in [-0.4, -0.2) is 80.2 Å². The van der Waals surface area contributed by atoms with E-state index >= 15 is 0 Å². The Morgan fingerprint density at radius 2 is 1.76 bits per heavy atom. The Morgan fingerprint density at radius 1 is 0.974 bits per heavy atom. The monoisotopic (exact) mass is 518 g/mol. The summed E-state index contributed by atoms with van der Waals surface area (Å²) in [4.78, 5) is 19.7. The van der Waals surface area contributed by atoms with Crippen LogP contribution in [0.3, 0.4) is 0 Å². The molecule has 2 aromatic heterocycles. The minimum absolute atomic E-state index is 0.121. The van der Waals surface area contributed by atoms with Crippen LogP contribution in [0.15, 0.2) is 30.3 Å². The lowest BCUT2D eigenvalue weighted by molar-refractivity contribution is -0.00570. The fraction of sp³-hybridized carbons (Fsp3) is 0.552. The molecule has 9 nitrogen and oxygen atoms in total. The second-order valence-electron chi connectivity index (χ2n) is 10.8. The molecule has 0 bridgehead atoms. The quantitative estimate of drug-likeness (QED) is 0.480. The Morgan fingerprint density at radius 3 is 2.50 bits per heavy atom. The van der Waals surface area contributed by atoms with Gasteiger partial charge in [-0.15, -0.1) is 0 Å². The number of aromatic nitrogens is 3. The molecule has 1 aliphatic carbocycles. The number of pyridine rings is 1. The highest BCUT2D eigenvalue weighted by Crippen LogP contribution is 2.32. The molecule has 1 N–H and O–H groups in total. The van der Waals surface area contributed by atoms with E-state index in [-0.39, 0.29) is 12.2 Å². The Kier molecular flexibility index (Phi) is 7.32. The molecule has 2 atom stereocenters. The van der Waals surface area contributed by atoms with Crippen molar-refractivity contribution in [2.75, 3.05) is 62.8 Å². The molecule has 2 unspecified atom stereocenters. The van der Waals surface area contributed by atoms with Gasteiger partial charge in [-0.05, 0) is 69.5 Å². The normalized spacial score (nSPS) is 22.2. The number of hydrogen-bond acceptors (Lipinski definition) is 9. The zero-order valence-corrected chi connectivity index (χ0v) is 22.7. The average Bonchev–Trinajstić information content (AvgIpc) is 3.76. The summed E-state index contributed by atoms with van der Waals surface area (Å²) in [5.41, 5.74) is 3.80. The number of benzene rings is 1. The van der Waals surface area contributed by atoms with E-state index in [1.165, 1.54) is 12.8 Å². The standard InChI is InChI=1S/C29H38N6O3/c1-19-17-35(18-20(2)38-19)29-32-27-24(28(33-29)34-10-12-37-13-11-34)7-8-25(31-27)22-6-9-26(36-3)23(14-22)16-30-15-21-4-5-21/h6-9,14,19-21,30H,4-5,10-13,15-18H2,1-3H3.